The molecule has 0 spiro atoms. The summed E-state index contributed by atoms with van der Waals surface area (Å²) in [6.07, 6.45) is 3.33. The van der Waals surface area contributed by atoms with Crippen molar-refractivity contribution in [2.24, 2.45) is 0 Å². The monoisotopic (exact) mass is 275 g/mol. The summed E-state index contributed by atoms with van der Waals surface area (Å²) in [5, 5.41) is 28.7. The topological polar surface area (TPSA) is 125 Å². The van der Waals surface area contributed by atoms with Crippen molar-refractivity contribution in [1.29, 1.82) is 0 Å². The summed E-state index contributed by atoms with van der Waals surface area (Å²) >= 11 is 0. The zero-order chi connectivity index (χ0) is 13.9. The van der Waals surface area contributed by atoms with E-state index in [1.807, 2.05) is 0 Å². The van der Waals surface area contributed by atoms with E-state index in [9.17, 15) is 10.1 Å². The average molecular weight is 275 g/mol. The second-order valence-electron chi connectivity index (χ2n) is 3.94. The van der Waals surface area contributed by atoms with Crippen LogP contribution in [0.25, 0.3) is 11.0 Å². The Morgan fingerprint density at radius 1 is 1.35 bits per heavy atom. The lowest BCUT2D eigenvalue weighted by Gasteiger charge is -2.05. The molecule has 2 heterocycles. The number of non-ortho nitro benzene ring substituents is 1. The van der Waals surface area contributed by atoms with E-state index in [1.54, 1.807) is 23.1 Å². The minimum absolute atomic E-state index is 0.126. The van der Waals surface area contributed by atoms with Gasteiger partial charge in [-0.05, 0) is 16.4 Å². The van der Waals surface area contributed by atoms with Crippen molar-refractivity contribution < 1.29 is 9.55 Å². The molecule has 10 heteroatoms. The number of hydrogen-bond donors (Lipinski definition) is 1. The van der Waals surface area contributed by atoms with Crippen molar-refractivity contribution in [3.05, 3.63) is 34.6 Å². The SMILES string of the molecule is O=[N+]([O-])c1ccc(NCCn2ccnn2)c2nonc12. The van der Waals surface area contributed by atoms with Crippen LogP contribution in [0.4, 0.5) is 11.4 Å². The van der Waals surface area contributed by atoms with Gasteiger partial charge in [-0.3, -0.25) is 14.8 Å². The van der Waals surface area contributed by atoms with Gasteiger partial charge in [0.05, 0.1) is 23.4 Å². The number of nitro benzene ring substituents is 1. The quantitative estimate of drug-likeness (QED) is 0.536. The highest BCUT2D eigenvalue weighted by molar-refractivity contribution is 5.93. The van der Waals surface area contributed by atoms with Crippen molar-refractivity contribution >= 4 is 22.4 Å². The molecule has 0 radical (unpaired) electrons. The van der Waals surface area contributed by atoms with E-state index in [0.717, 1.165) is 0 Å². The lowest BCUT2D eigenvalue weighted by Crippen LogP contribution is -2.11. The Balaban J connectivity index is 1.80. The van der Waals surface area contributed by atoms with Crippen LogP contribution >= 0.6 is 0 Å². The molecule has 0 aliphatic rings. The second-order valence-corrected chi connectivity index (χ2v) is 3.94. The number of nitrogens with one attached hydrogen (secondary N) is 1. The van der Waals surface area contributed by atoms with Gasteiger partial charge in [-0.25, -0.2) is 4.63 Å². The predicted molar refractivity (Wildman–Crippen MR) is 67.0 cm³/mol. The molecule has 0 saturated carbocycles. The van der Waals surface area contributed by atoms with Crippen molar-refractivity contribution in [1.82, 2.24) is 25.3 Å². The smallest absolute Gasteiger partial charge is 0.300 e. The Kier molecular flexibility index (Phi) is 2.95. The van der Waals surface area contributed by atoms with Crippen LogP contribution in [0.3, 0.4) is 0 Å². The maximum absolute atomic E-state index is 10.9. The number of benzene rings is 1. The summed E-state index contributed by atoms with van der Waals surface area (Å²) in [5.41, 5.74) is 0.939. The molecule has 2 aromatic heterocycles. The number of nitro groups is 1. The van der Waals surface area contributed by atoms with Gasteiger partial charge in [-0.2, -0.15) is 0 Å². The maximum atomic E-state index is 10.9. The number of fused-ring (bicyclic) bond motifs is 1. The molecule has 1 N–H and O–H groups in total. The van der Waals surface area contributed by atoms with E-state index < -0.39 is 4.92 Å². The van der Waals surface area contributed by atoms with Gasteiger partial charge in [0.1, 0.15) is 0 Å². The molecule has 0 aliphatic heterocycles. The Hall–Kier alpha value is -3.04. The number of anilines is 1. The van der Waals surface area contributed by atoms with Gasteiger partial charge in [0.2, 0.25) is 5.52 Å². The van der Waals surface area contributed by atoms with Crippen LogP contribution in [0.1, 0.15) is 0 Å². The van der Waals surface area contributed by atoms with E-state index in [-0.39, 0.29) is 11.2 Å². The van der Waals surface area contributed by atoms with Gasteiger partial charge in [0.25, 0.3) is 0 Å². The molecule has 3 rings (SSSR count). The van der Waals surface area contributed by atoms with Crippen LogP contribution in [0.15, 0.2) is 29.2 Å². The molecular weight excluding hydrogens is 266 g/mol. The molecule has 0 amide bonds. The van der Waals surface area contributed by atoms with E-state index >= 15 is 0 Å². The first-order valence-electron chi connectivity index (χ1n) is 5.73. The average Bonchev–Trinajstić information content (AvgIpc) is 3.09. The minimum Gasteiger partial charge on any atom is -0.381 e. The Labute approximate surface area is 111 Å². The summed E-state index contributed by atoms with van der Waals surface area (Å²) in [5.74, 6) is 0. The standard InChI is InChI=1S/C10H9N7O3/c18-17(19)8-2-1-7(9-10(8)14-20-13-9)11-3-5-16-6-4-12-15-16/h1-2,4,6,11H,3,5H2. The maximum Gasteiger partial charge on any atom is 0.300 e. The third-order valence-corrected chi connectivity index (χ3v) is 2.72. The molecule has 1 aromatic carbocycles. The molecule has 102 valence electrons. The molecular formula is C10H9N7O3. The fourth-order valence-corrected chi connectivity index (χ4v) is 1.80. The summed E-state index contributed by atoms with van der Waals surface area (Å²) in [7, 11) is 0. The lowest BCUT2D eigenvalue weighted by molar-refractivity contribution is -0.383. The predicted octanol–water partition coefficient (Wildman–Crippen LogP) is 0.835. The molecule has 0 saturated heterocycles. The van der Waals surface area contributed by atoms with E-state index in [1.165, 1.54) is 6.07 Å². The molecule has 0 bridgehead atoms. The largest absolute Gasteiger partial charge is 0.381 e. The Morgan fingerprint density at radius 2 is 2.20 bits per heavy atom. The number of hydrogen-bond acceptors (Lipinski definition) is 8. The lowest BCUT2D eigenvalue weighted by atomic mass is 10.2. The summed E-state index contributed by atoms with van der Waals surface area (Å²) in [6.45, 7) is 1.16. The summed E-state index contributed by atoms with van der Waals surface area (Å²) in [6, 6.07) is 2.94. The van der Waals surface area contributed by atoms with Crippen molar-refractivity contribution in [3.8, 4) is 0 Å². The van der Waals surface area contributed by atoms with Gasteiger partial charge in [-0.1, -0.05) is 5.21 Å². The highest BCUT2D eigenvalue weighted by atomic mass is 16.6. The first-order chi connectivity index (χ1) is 9.75. The first kappa shape index (κ1) is 12.0. The van der Waals surface area contributed by atoms with Gasteiger partial charge in [0.15, 0.2) is 5.52 Å². The van der Waals surface area contributed by atoms with Crippen LogP contribution in [-0.4, -0.2) is 36.8 Å². The minimum atomic E-state index is -0.522. The normalized spacial score (nSPS) is 10.8. The highest BCUT2D eigenvalue weighted by Gasteiger charge is 2.19. The first-order valence-corrected chi connectivity index (χ1v) is 5.73. The Morgan fingerprint density at radius 3 is 2.95 bits per heavy atom. The zero-order valence-electron chi connectivity index (χ0n) is 10.1. The third-order valence-electron chi connectivity index (χ3n) is 2.72. The van der Waals surface area contributed by atoms with Gasteiger partial charge in [-0.15, -0.1) is 5.10 Å². The van der Waals surface area contributed by atoms with E-state index in [4.69, 9.17) is 0 Å². The summed E-state index contributed by atoms with van der Waals surface area (Å²) < 4.78 is 6.24. The van der Waals surface area contributed by atoms with Crippen LogP contribution < -0.4 is 5.32 Å². The van der Waals surface area contributed by atoms with Crippen molar-refractivity contribution in [3.63, 3.8) is 0 Å². The number of aromatic nitrogens is 5. The molecule has 3 aromatic rings. The fraction of sp³-hybridized carbons (Fsp3) is 0.200. The molecule has 0 fully saturated rings. The van der Waals surface area contributed by atoms with Gasteiger partial charge < -0.3 is 5.32 Å². The van der Waals surface area contributed by atoms with E-state index in [2.05, 4.69) is 30.6 Å². The molecule has 0 atom stereocenters. The van der Waals surface area contributed by atoms with Gasteiger partial charge >= 0.3 is 5.69 Å². The van der Waals surface area contributed by atoms with Crippen molar-refractivity contribution in [2.75, 3.05) is 11.9 Å². The molecule has 20 heavy (non-hydrogen) atoms. The second kappa shape index (κ2) is 4.91. The number of nitrogens with zero attached hydrogens (tertiary/aromatic N) is 6. The van der Waals surface area contributed by atoms with Gasteiger partial charge in [0, 0.05) is 18.8 Å². The van der Waals surface area contributed by atoms with Crippen molar-refractivity contribution in [2.45, 2.75) is 6.54 Å². The fourth-order valence-electron chi connectivity index (χ4n) is 1.80. The molecule has 0 unspecified atom stereocenters. The number of rotatable bonds is 5. The van der Waals surface area contributed by atoms with E-state index in [0.29, 0.717) is 24.3 Å². The highest BCUT2D eigenvalue weighted by Crippen LogP contribution is 2.28. The van der Waals surface area contributed by atoms with Crippen LogP contribution in [0, 0.1) is 10.1 Å². The van der Waals surface area contributed by atoms with Crippen LogP contribution in [-0.2, 0) is 6.54 Å². The summed E-state index contributed by atoms with van der Waals surface area (Å²) in [4.78, 5) is 10.3. The molecule has 10 nitrogen and oxygen atoms in total. The molecule has 0 aliphatic carbocycles. The Bertz CT molecular complexity index is 736. The third kappa shape index (κ3) is 2.13. The van der Waals surface area contributed by atoms with Crippen LogP contribution in [0.2, 0.25) is 0 Å². The van der Waals surface area contributed by atoms with Crippen LogP contribution in [0.5, 0.6) is 0 Å². The zero-order valence-corrected chi connectivity index (χ0v) is 10.1.